The average molecular weight is 415 g/mol. The van der Waals surface area contributed by atoms with E-state index < -0.39 is 0 Å². The molecule has 0 spiro atoms. The Morgan fingerprint density at radius 3 is 2.23 bits per heavy atom. The van der Waals surface area contributed by atoms with Crippen molar-refractivity contribution in [2.24, 2.45) is 16.5 Å². The molecule has 2 saturated carbocycles. The summed E-state index contributed by atoms with van der Waals surface area (Å²) >= 11 is 0. The molecule has 8 nitrogen and oxygen atoms in total. The Balaban J connectivity index is 1.76. The maximum atomic E-state index is 13.0. The summed E-state index contributed by atoms with van der Waals surface area (Å²) in [5.74, 6) is 0.892. The summed E-state index contributed by atoms with van der Waals surface area (Å²) in [5.41, 5.74) is 13.6. The number of carbonyl (C=O) groups is 2. The zero-order valence-corrected chi connectivity index (χ0v) is 18.0. The Kier molecular flexibility index (Phi) is 6.84. The quantitative estimate of drug-likeness (QED) is 0.545. The molecule has 0 radical (unpaired) electrons. The molecule has 3 aliphatic rings. The van der Waals surface area contributed by atoms with Gasteiger partial charge in [0.1, 0.15) is 11.7 Å². The first-order valence-electron chi connectivity index (χ1n) is 10.9. The van der Waals surface area contributed by atoms with Gasteiger partial charge in [-0.2, -0.15) is 0 Å². The van der Waals surface area contributed by atoms with E-state index in [2.05, 4.69) is 17.2 Å². The maximum absolute atomic E-state index is 13.0. The third kappa shape index (κ3) is 4.68. The zero-order chi connectivity index (χ0) is 21.8. The predicted octanol–water partition coefficient (Wildman–Crippen LogP) is 1.75. The fourth-order valence-electron chi connectivity index (χ4n) is 4.69. The third-order valence-corrected chi connectivity index (χ3v) is 6.31. The van der Waals surface area contributed by atoms with Crippen LogP contribution in [0.3, 0.4) is 0 Å². The average Bonchev–Trinajstić information content (AvgIpc) is 3.22. The minimum absolute atomic E-state index is 0.0122. The minimum atomic E-state index is -0.104. The molecule has 2 fully saturated rings. The molecule has 2 aliphatic carbocycles. The maximum Gasteiger partial charge on any atom is 0.257 e. The van der Waals surface area contributed by atoms with Gasteiger partial charge in [0.2, 0.25) is 5.91 Å². The lowest BCUT2D eigenvalue weighted by molar-refractivity contribution is -0.125. The number of nitrogens with zero attached hydrogens (tertiary/aromatic N) is 2. The summed E-state index contributed by atoms with van der Waals surface area (Å²) in [6.45, 7) is 7.36. The van der Waals surface area contributed by atoms with Gasteiger partial charge < -0.3 is 22.1 Å². The van der Waals surface area contributed by atoms with Crippen molar-refractivity contribution >= 4 is 17.6 Å². The van der Waals surface area contributed by atoms with Crippen LogP contribution in [0.2, 0.25) is 0 Å². The number of amidine groups is 1. The smallest absolute Gasteiger partial charge is 0.257 e. The zero-order valence-electron chi connectivity index (χ0n) is 18.0. The minimum Gasteiger partial charge on any atom is -0.404 e. The molecule has 6 N–H and O–H groups in total. The van der Waals surface area contributed by atoms with E-state index in [4.69, 9.17) is 16.5 Å². The fraction of sp³-hybridized carbons (Fsp3) is 0.591. The van der Waals surface area contributed by atoms with E-state index in [9.17, 15) is 9.59 Å². The van der Waals surface area contributed by atoms with Gasteiger partial charge in [-0.3, -0.25) is 14.5 Å². The highest BCUT2D eigenvalue weighted by Crippen LogP contribution is 2.31. The molecule has 8 heteroatoms. The normalized spacial score (nSPS) is 28.3. The Hall–Kier alpha value is -2.77. The Morgan fingerprint density at radius 2 is 1.70 bits per heavy atom. The van der Waals surface area contributed by atoms with Crippen LogP contribution in [-0.4, -0.2) is 40.7 Å². The molecule has 30 heavy (non-hydrogen) atoms. The van der Waals surface area contributed by atoms with Gasteiger partial charge in [-0.25, -0.2) is 4.99 Å². The number of hydrogen-bond acceptors (Lipinski definition) is 6. The van der Waals surface area contributed by atoms with Gasteiger partial charge in [-0.1, -0.05) is 19.4 Å². The summed E-state index contributed by atoms with van der Waals surface area (Å²) in [7, 11) is 0. The van der Waals surface area contributed by atoms with Gasteiger partial charge in [0, 0.05) is 36.8 Å². The first kappa shape index (κ1) is 21.9. The summed E-state index contributed by atoms with van der Waals surface area (Å²) in [6, 6.07) is 0.565. The van der Waals surface area contributed by atoms with Crippen molar-refractivity contribution in [3.8, 4) is 0 Å². The van der Waals surface area contributed by atoms with Gasteiger partial charge in [0.15, 0.2) is 0 Å². The molecule has 1 aliphatic heterocycles. The molecular formula is C22H34N6O2. The molecular weight excluding hydrogens is 380 g/mol. The topological polar surface area (TPSA) is 126 Å². The molecule has 0 aromatic rings. The lowest BCUT2D eigenvalue weighted by atomic mass is 9.91. The summed E-state index contributed by atoms with van der Waals surface area (Å²) in [6.07, 6.45) is 9.18. The van der Waals surface area contributed by atoms with Crippen LogP contribution in [0.15, 0.2) is 40.4 Å². The number of hydrogen-bond donors (Lipinski definition) is 4. The highest BCUT2D eigenvalue weighted by atomic mass is 16.2. The molecule has 0 atom stereocenters. The molecule has 0 bridgehead atoms. The second kappa shape index (κ2) is 9.36. The monoisotopic (exact) mass is 414 g/mol. The first-order valence-corrected chi connectivity index (χ1v) is 10.9. The molecule has 0 saturated heterocycles. The Bertz CT molecular complexity index is 798. The number of nitrogens with one attached hydrogen (secondary N) is 2. The predicted molar refractivity (Wildman–Crippen MR) is 118 cm³/mol. The first-order chi connectivity index (χ1) is 14.3. The van der Waals surface area contributed by atoms with E-state index in [0.29, 0.717) is 28.5 Å². The molecule has 1 heterocycles. The van der Waals surface area contributed by atoms with Crippen molar-refractivity contribution in [2.75, 3.05) is 0 Å². The molecule has 0 aromatic heterocycles. The fourth-order valence-corrected chi connectivity index (χ4v) is 4.69. The van der Waals surface area contributed by atoms with Crippen molar-refractivity contribution in [1.29, 1.82) is 0 Å². The van der Waals surface area contributed by atoms with Crippen LogP contribution in [0.1, 0.15) is 65.2 Å². The van der Waals surface area contributed by atoms with Crippen molar-refractivity contribution in [3.63, 3.8) is 0 Å². The van der Waals surface area contributed by atoms with Crippen molar-refractivity contribution in [1.82, 2.24) is 15.5 Å². The number of nitrogens with two attached hydrogens (primary N) is 2. The van der Waals surface area contributed by atoms with Crippen molar-refractivity contribution in [3.05, 3.63) is 35.4 Å². The van der Waals surface area contributed by atoms with Gasteiger partial charge in [0.25, 0.3) is 5.91 Å². The highest BCUT2D eigenvalue weighted by molar-refractivity contribution is 6.18. The van der Waals surface area contributed by atoms with Crippen LogP contribution in [0.4, 0.5) is 0 Å². The number of aliphatic imine (C=N–C) groups is 1. The molecule has 0 aromatic carbocycles. The van der Waals surface area contributed by atoms with Gasteiger partial charge >= 0.3 is 0 Å². The molecule has 2 amide bonds. The summed E-state index contributed by atoms with van der Waals surface area (Å²) < 4.78 is 0. The number of amides is 2. The third-order valence-electron chi connectivity index (χ3n) is 6.31. The Morgan fingerprint density at radius 1 is 1.13 bits per heavy atom. The number of rotatable bonds is 5. The van der Waals surface area contributed by atoms with E-state index in [0.717, 1.165) is 51.4 Å². The van der Waals surface area contributed by atoms with Crippen LogP contribution in [0.5, 0.6) is 0 Å². The number of carbonyl (C=O) groups excluding carboxylic acids is 2. The van der Waals surface area contributed by atoms with Crippen LogP contribution in [0.25, 0.3) is 0 Å². The van der Waals surface area contributed by atoms with Crippen molar-refractivity contribution in [2.45, 2.75) is 83.3 Å². The van der Waals surface area contributed by atoms with Gasteiger partial charge in [0.05, 0.1) is 11.3 Å². The van der Waals surface area contributed by atoms with Gasteiger partial charge in [-0.05, 0) is 45.4 Å². The highest BCUT2D eigenvalue weighted by Gasteiger charge is 2.38. The standard InChI is InChI=1S/C22H34N6O2/c1-13-20(24)19(12-23)21(28(22(13)30)18-6-4-5-7-18)26-14(2)25-16-8-10-17(11-9-16)27-15(3)29/h12,16-18,25H,2,4-11,23-24H2,1,3H3,(H,27,29)/b19-12-,26-21+. The second-order valence-corrected chi connectivity index (χ2v) is 8.51. The van der Waals surface area contributed by atoms with Crippen LogP contribution < -0.4 is 22.1 Å². The van der Waals surface area contributed by atoms with Gasteiger partial charge in [-0.15, -0.1) is 0 Å². The summed E-state index contributed by atoms with van der Waals surface area (Å²) in [4.78, 5) is 30.7. The lowest BCUT2D eigenvalue weighted by Crippen LogP contribution is -2.49. The van der Waals surface area contributed by atoms with E-state index in [1.807, 2.05) is 0 Å². The second-order valence-electron chi connectivity index (χ2n) is 8.51. The van der Waals surface area contributed by atoms with Crippen LogP contribution >= 0.6 is 0 Å². The molecule has 0 unspecified atom stereocenters. The lowest BCUT2D eigenvalue weighted by Gasteiger charge is -2.36. The van der Waals surface area contributed by atoms with Crippen LogP contribution in [-0.2, 0) is 9.59 Å². The van der Waals surface area contributed by atoms with Crippen LogP contribution in [0, 0.1) is 0 Å². The van der Waals surface area contributed by atoms with E-state index in [1.165, 1.54) is 6.20 Å². The van der Waals surface area contributed by atoms with E-state index in [1.54, 1.807) is 18.7 Å². The summed E-state index contributed by atoms with van der Waals surface area (Å²) in [5, 5.41) is 6.36. The largest absolute Gasteiger partial charge is 0.404 e. The Labute approximate surface area is 178 Å². The molecule has 3 rings (SSSR count). The van der Waals surface area contributed by atoms with E-state index >= 15 is 0 Å². The van der Waals surface area contributed by atoms with E-state index in [-0.39, 0.29) is 29.9 Å². The molecule has 164 valence electrons. The SMILES string of the molecule is C=C(/N=C1\C(=C/N)C(N)=C(C)C(=O)N1C1CCCC1)NC1CCC(NC(C)=O)CC1. The van der Waals surface area contributed by atoms with Crippen molar-refractivity contribution < 1.29 is 9.59 Å².